The van der Waals surface area contributed by atoms with Crippen molar-refractivity contribution in [2.24, 2.45) is 20.7 Å². The van der Waals surface area contributed by atoms with Crippen LogP contribution in [-0.4, -0.2) is 81.6 Å². The topological polar surface area (TPSA) is 136 Å². The summed E-state index contributed by atoms with van der Waals surface area (Å²) in [6.45, 7) is 1.76. The van der Waals surface area contributed by atoms with Gasteiger partial charge in [0.1, 0.15) is 37.0 Å². The highest BCUT2D eigenvalue weighted by molar-refractivity contribution is 6.47. The predicted octanol–water partition coefficient (Wildman–Crippen LogP) is -0.961. The molecular formula is C18H23N5O4. The first-order valence-electron chi connectivity index (χ1n) is 8.87. The third-order valence-electron chi connectivity index (χ3n) is 5.48. The molecular weight excluding hydrogens is 350 g/mol. The van der Waals surface area contributed by atoms with E-state index in [1.807, 2.05) is 37.3 Å². The van der Waals surface area contributed by atoms with Gasteiger partial charge < -0.3 is 30.7 Å². The zero-order chi connectivity index (χ0) is 19.2. The lowest BCUT2D eigenvalue weighted by molar-refractivity contribution is -0.0688. The van der Waals surface area contributed by atoms with E-state index in [1.54, 1.807) is 4.90 Å². The van der Waals surface area contributed by atoms with Gasteiger partial charge in [-0.15, -0.1) is 0 Å². The molecule has 0 radical (unpaired) electrons. The SMILES string of the molecule is CC(c1ccccc1)C1(N)N=CN=C2C1=NCN2[C@@H]1O[C@H](CO)[C@@H](O)[C@H]1O. The highest BCUT2D eigenvalue weighted by Crippen LogP contribution is 2.34. The maximum absolute atomic E-state index is 10.3. The predicted molar refractivity (Wildman–Crippen MR) is 99.6 cm³/mol. The molecule has 1 aromatic rings. The summed E-state index contributed by atoms with van der Waals surface area (Å²) in [5.74, 6) is 0.300. The summed E-state index contributed by atoms with van der Waals surface area (Å²) in [5, 5.41) is 29.7. The molecule has 5 N–H and O–H groups in total. The summed E-state index contributed by atoms with van der Waals surface area (Å²) >= 11 is 0. The molecule has 9 nitrogen and oxygen atoms in total. The molecule has 144 valence electrons. The summed E-state index contributed by atoms with van der Waals surface area (Å²) in [7, 11) is 0. The van der Waals surface area contributed by atoms with Crippen LogP contribution in [-0.2, 0) is 4.74 Å². The Bertz CT molecular complexity index is 798. The van der Waals surface area contributed by atoms with Crippen LogP contribution in [0.25, 0.3) is 0 Å². The number of amidine groups is 1. The van der Waals surface area contributed by atoms with Gasteiger partial charge in [0.25, 0.3) is 0 Å². The van der Waals surface area contributed by atoms with Crippen molar-refractivity contribution in [2.75, 3.05) is 13.3 Å². The number of benzene rings is 1. The first-order chi connectivity index (χ1) is 13.0. The summed E-state index contributed by atoms with van der Waals surface area (Å²) in [6.07, 6.45) is -2.73. The zero-order valence-electron chi connectivity index (χ0n) is 14.9. The smallest absolute Gasteiger partial charge is 0.162 e. The lowest BCUT2D eigenvalue weighted by Gasteiger charge is -2.36. The molecule has 0 amide bonds. The molecule has 3 aliphatic heterocycles. The number of fused-ring (bicyclic) bond motifs is 1. The van der Waals surface area contributed by atoms with E-state index in [9.17, 15) is 15.3 Å². The Hall–Kier alpha value is -2.17. The number of nitrogens with two attached hydrogens (primary N) is 1. The molecule has 0 aliphatic carbocycles. The quantitative estimate of drug-likeness (QED) is 0.537. The van der Waals surface area contributed by atoms with Crippen molar-refractivity contribution in [1.82, 2.24) is 4.90 Å². The lowest BCUT2D eigenvalue weighted by atomic mass is 9.84. The van der Waals surface area contributed by atoms with Crippen molar-refractivity contribution >= 4 is 17.9 Å². The van der Waals surface area contributed by atoms with E-state index in [-0.39, 0.29) is 12.6 Å². The Morgan fingerprint density at radius 1 is 1.30 bits per heavy atom. The highest BCUT2D eigenvalue weighted by atomic mass is 16.6. The number of nitrogens with zero attached hydrogens (tertiary/aromatic N) is 4. The highest BCUT2D eigenvalue weighted by Gasteiger charge is 2.51. The summed E-state index contributed by atoms with van der Waals surface area (Å²) in [6, 6.07) is 9.79. The molecule has 3 heterocycles. The maximum atomic E-state index is 10.3. The standard InChI is InChI=1S/C18H23N5O4/c1-10(11-5-3-2-4-6-11)18(19)15-16(20-8-22-18)23(9-21-15)17-14(26)13(25)12(7-24)27-17/h2-6,8,10,12-14,17,24-26H,7,9,19H2,1H3/t10?,12-,13-,14-,17-,18?/m1/s1. The van der Waals surface area contributed by atoms with E-state index in [1.165, 1.54) is 6.34 Å². The van der Waals surface area contributed by atoms with Crippen LogP contribution in [0.5, 0.6) is 0 Å². The van der Waals surface area contributed by atoms with Gasteiger partial charge in [-0.2, -0.15) is 0 Å². The molecule has 2 unspecified atom stereocenters. The lowest BCUT2D eigenvalue weighted by Crippen LogP contribution is -2.57. The Kier molecular flexibility index (Phi) is 4.57. The van der Waals surface area contributed by atoms with Crippen LogP contribution in [0.1, 0.15) is 18.4 Å². The third kappa shape index (κ3) is 2.79. The Morgan fingerprint density at radius 3 is 2.70 bits per heavy atom. The Balaban J connectivity index is 1.61. The second-order valence-corrected chi connectivity index (χ2v) is 7.00. The molecule has 0 bridgehead atoms. The van der Waals surface area contributed by atoms with E-state index in [2.05, 4.69) is 15.0 Å². The van der Waals surface area contributed by atoms with E-state index in [0.717, 1.165) is 5.56 Å². The first kappa shape index (κ1) is 18.2. The van der Waals surface area contributed by atoms with Gasteiger partial charge in [-0.25, -0.2) is 9.98 Å². The van der Waals surface area contributed by atoms with Gasteiger partial charge in [-0.05, 0) is 5.56 Å². The van der Waals surface area contributed by atoms with Gasteiger partial charge in [0, 0.05) is 5.92 Å². The minimum atomic E-state index is -1.20. The minimum absolute atomic E-state index is 0.163. The van der Waals surface area contributed by atoms with E-state index in [4.69, 9.17) is 10.5 Å². The molecule has 3 aliphatic rings. The third-order valence-corrected chi connectivity index (χ3v) is 5.48. The number of aliphatic hydroxyl groups excluding tert-OH is 3. The van der Waals surface area contributed by atoms with Gasteiger partial charge in [-0.1, -0.05) is 37.3 Å². The fraction of sp³-hybridized carbons (Fsp3) is 0.500. The summed E-state index contributed by atoms with van der Waals surface area (Å²) in [5.41, 5.74) is 7.10. The van der Waals surface area contributed by atoms with Gasteiger partial charge in [0.15, 0.2) is 17.7 Å². The average molecular weight is 373 g/mol. The number of rotatable bonds is 4. The molecule has 9 heteroatoms. The number of aliphatic imine (C=N–C) groups is 3. The molecule has 0 saturated carbocycles. The molecule has 27 heavy (non-hydrogen) atoms. The van der Waals surface area contributed by atoms with Crippen LogP contribution >= 0.6 is 0 Å². The fourth-order valence-corrected chi connectivity index (χ4v) is 3.75. The van der Waals surface area contributed by atoms with Crippen LogP contribution in [0.15, 0.2) is 45.3 Å². The zero-order valence-corrected chi connectivity index (χ0v) is 14.9. The molecule has 0 spiro atoms. The van der Waals surface area contributed by atoms with Crippen LogP contribution in [0, 0.1) is 0 Å². The van der Waals surface area contributed by atoms with Crippen molar-refractivity contribution in [3.05, 3.63) is 35.9 Å². The van der Waals surface area contributed by atoms with Gasteiger partial charge >= 0.3 is 0 Å². The second-order valence-electron chi connectivity index (χ2n) is 7.00. The Morgan fingerprint density at radius 2 is 2.04 bits per heavy atom. The van der Waals surface area contributed by atoms with Crippen LogP contribution in [0.4, 0.5) is 0 Å². The van der Waals surface area contributed by atoms with E-state index in [0.29, 0.717) is 11.5 Å². The summed E-state index contributed by atoms with van der Waals surface area (Å²) in [4.78, 5) is 14.9. The number of hydrogen-bond acceptors (Lipinski definition) is 9. The average Bonchev–Trinajstić information content (AvgIpc) is 3.24. The van der Waals surface area contributed by atoms with Crippen molar-refractivity contribution in [3.8, 4) is 0 Å². The first-order valence-corrected chi connectivity index (χ1v) is 8.87. The molecule has 0 aromatic heterocycles. The molecule has 1 saturated heterocycles. The van der Waals surface area contributed by atoms with Gasteiger partial charge in [-0.3, -0.25) is 4.99 Å². The minimum Gasteiger partial charge on any atom is -0.394 e. The molecule has 1 aromatic carbocycles. The Labute approximate surface area is 156 Å². The summed E-state index contributed by atoms with van der Waals surface area (Å²) < 4.78 is 5.62. The molecule has 1 fully saturated rings. The van der Waals surface area contributed by atoms with Crippen molar-refractivity contribution in [1.29, 1.82) is 0 Å². The fourth-order valence-electron chi connectivity index (χ4n) is 3.75. The number of ether oxygens (including phenoxy) is 1. The normalized spacial score (nSPS) is 36.4. The van der Waals surface area contributed by atoms with E-state index < -0.39 is 36.8 Å². The molecule has 4 rings (SSSR count). The number of aliphatic hydroxyl groups is 3. The monoisotopic (exact) mass is 373 g/mol. The number of hydrogen-bond donors (Lipinski definition) is 4. The second kappa shape index (κ2) is 6.77. The van der Waals surface area contributed by atoms with Crippen LogP contribution in [0.2, 0.25) is 0 Å². The largest absolute Gasteiger partial charge is 0.394 e. The van der Waals surface area contributed by atoms with E-state index >= 15 is 0 Å². The van der Waals surface area contributed by atoms with Crippen molar-refractivity contribution in [2.45, 2.75) is 43.0 Å². The molecule has 6 atom stereocenters. The van der Waals surface area contributed by atoms with Gasteiger partial charge in [0.2, 0.25) is 0 Å². The van der Waals surface area contributed by atoms with Crippen LogP contribution < -0.4 is 5.73 Å². The maximum Gasteiger partial charge on any atom is 0.162 e. The van der Waals surface area contributed by atoms with Crippen LogP contribution in [0.3, 0.4) is 0 Å². The van der Waals surface area contributed by atoms with Crippen molar-refractivity contribution < 1.29 is 20.1 Å². The van der Waals surface area contributed by atoms with Gasteiger partial charge in [0.05, 0.1) is 6.61 Å². The van der Waals surface area contributed by atoms with Crippen molar-refractivity contribution in [3.63, 3.8) is 0 Å².